The quantitative estimate of drug-likeness (QED) is 0.329. The third-order valence-corrected chi connectivity index (χ3v) is 4.28. The fourth-order valence-electron chi connectivity index (χ4n) is 2.95. The van der Waals surface area contributed by atoms with Crippen molar-refractivity contribution in [2.45, 2.75) is 6.18 Å². The molecule has 0 saturated heterocycles. The van der Waals surface area contributed by atoms with E-state index in [2.05, 4.69) is 15.2 Å². The van der Waals surface area contributed by atoms with Crippen LogP contribution in [0.2, 0.25) is 0 Å². The SMILES string of the molecule is O=[N+]([O-])c1ccccc1-c1nnc(-c2cc(-c3ccccc3C(F)(F)F)ccn2)o1. The molecule has 7 nitrogen and oxygen atoms in total. The van der Waals surface area contributed by atoms with Gasteiger partial charge in [-0.05, 0) is 35.4 Å². The molecule has 4 aromatic rings. The van der Waals surface area contributed by atoms with E-state index in [0.717, 1.165) is 6.07 Å². The first-order chi connectivity index (χ1) is 14.3. The van der Waals surface area contributed by atoms with E-state index in [-0.39, 0.29) is 39.9 Å². The maximum absolute atomic E-state index is 13.3. The largest absolute Gasteiger partial charge is 0.417 e. The van der Waals surface area contributed by atoms with Gasteiger partial charge >= 0.3 is 6.18 Å². The van der Waals surface area contributed by atoms with Gasteiger partial charge in [0.1, 0.15) is 11.3 Å². The van der Waals surface area contributed by atoms with E-state index < -0.39 is 16.7 Å². The second-order valence-electron chi connectivity index (χ2n) is 6.16. The Hall–Kier alpha value is -4.08. The number of aromatic nitrogens is 3. The van der Waals surface area contributed by atoms with Crippen LogP contribution in [0.1, 0.15) is 5.56 Å². The molecule has 0 atom stereocenters. The number of para-hydroxylation sites is 1. The van der Waals surface area contributed by atoms with Crippen LogP contribution in [0.25, 0.3) is 34.2 Å². The summed E-state index contributed by atoms with van der Waals surface area (Å²) in [5.74, 6) is -0.172. The van der Waals surface area contributed by atoms with E-state index in [4.69, 9.17) is 4.42 Å². The van der Waals surface area contributed by atoms with Crippen LogP contribution >= 0.6 is 0 Å². The molecule has 0 aliphatic carbocycles. The smallest absolute Gasteiger partial charge is 0.414 e. The molecule has 0 radical (unpaired) electrons. The molecule has 0 spiro atoms. The van der Waals surface area contributed by atoms with Gasteiger partial charge in [0, 0.05) is 12.3 Å². The molecular weight excluding hydrogens is 401 g/mol. The minimum Gasteiger partial charge on any atom is -0.414 e. The van der Waals surface area contributed by atoms with E-state index in [9.17, 15) is 23.3 Å². The fourth-order valence-corrected chi connectivity index (χ4v) is 2.95. The van der Waals surface area contributed by atoms with Crippen molar-refractivity contribution in [1.82, 2.24) is 15.2 Å². The van der Waals surface area contributed by atoms with Gasteiger partial charge < -0.3 is 4.42 Å². The second-order valence-corrected chi connectivity index (χ2v) is 6.16. The Kier molecular flexibility index (Phi) is 4.74. The molecule has 0 amide bonds. The lowest BCUT2D eigenvalue weighted by Gasteiger charge is -2.12. The van der Waals surface area contributed by atoms with Gasteiger partial charge in [0.05, 0.1) is 10.5 Å². The summed E-state index contributed by atoms with van der Waals surface area (Å²) in [6.45, 7) is 0. The van der Waals surface area contributed by atoms with Crippen molar-refractivity contribution in [2.75, 3.05) is 0 Å². The molecule has 150 valence electrons. The average molecular weight is 412 g/mol. The van der Waals surface area contributed by atoms with Crippen LogP contribution in [-0.2, 0) is 6.18 Å². The zero-order valence-electron chi connectivity index (χ0n) is 15.0. The number of halogens is 3. The third-order valence-electron chi connectivity index (χ3n) is 4.28. The van der Waals surface area contributed by atoms with Crippen LogP contribution in [0.4, 0.5) is 18.9 Å². The van der Waals surface area contributed by atoms with Crippen LogP contribution in [0, 0.1) is 10.1 Å². The summed E-state index contributed by atoms with van der Waals surface area (Å²) in [6.07, 6.45) is -3.20. The molecular formula is C20H11F3N4O3. The van der Waals surface area contributed by atoms with Crippen LogP contribution in [0.5, 0.6) is 0 Å². The number of hydrogen-bond donors (Lipinski definition) is 0. The fraction of sp³-hybridized carbons (Fsp3) is 0.0500. The number of hydrogen-bond acceptors (Lipinski definition) is 6. The molecule has 0 aliphatic rings. The lowest BCUT2D eigenvalue weighted by atomic mass is 9.99. The monoisotopic (exact) mass is 412 g/mol. The molecule has 0 saturated carbocycles. The van der Waals surface area contributed by atoms with Gasteiger partial charge in [0.15, 0.2) is 0 Å². The summed E-state index contributed by atoms with van der Waals surface area (Å²) in [4.78, 5) is 14.7. The maximum atomic E-state index is 13.3. The first-order valence-corrected chi connectivity index (χ1v) is 8.55. The molecule has 10 heteroatoms. The maximum Gasteiger partial charge on any atom is 0.417 e. The first kappa shape index (κ1) is 19.2. The van der Waals surface area contributed by atoms with Gasteiger partial charge in [-0.3, -0.25) is 15.1 Å². The standard InChI is InChI=1S/C20H11F3N4O3/c21-20(22,23)15-7-3-1-5-13(15)12-9-10-24-16(11-12)19-26-25-18(30-19)14-6-2-4-8-17(14)27(28)29/h1-11H. The predicted molar refractivity (Wildman–Crippen MR) is 100 cm³/mol. The zero-order valence-corrected chi connectivity index (χ0v) is 15.0. The molecule has 0 unspecified atom stereocenters. The third kappa shape index (κ3) is 3.62. The topological polar surface area (TPSA) is 95.0 Å². The van der Waals surface area contributed by atoms with E-state index in [0.29, 0.717) is 0 Å². The van der Waals surface area contributed by atoms with Gasteiger partial charge in [-0.1, -0.05) is 30.3 Å². The van der Waals surface area contributed by atoms with Crippen LogP contribution in [0.3, 0.4) is 0 Å². The number of rotatable bonds is 4. The molecule has 2 heterocycles. The van der Waals surface area contributed by atoms with E-state index >= 15 is 0 Å². The lowest BCUT2D eigenvalue weighted by molar-refractivity contribution is -0.384. The minimum atomic E-state index is -4.52. The van der Waals surface area contributed by atoms with Crippen molar-refractivity contribution in [3.05, 3.63) is 82.5 Å². The highest BCUT2D eigenvalue weighted by Gasteiger charge is 2.33. The average Bonchev–Trinajstić information content (AvgIpc) is 3.23. The van der Waals surface area contributed by atoms with E-state index in [1.54, 1.807) is 6.07 Å². The Bertz CT molecular complexity index is 1240. The van der Waals surface area contributed by atoms with Crippen LogP contribution in [0.15, 0.2) is 71.3 Å². The molecule has 0 aliphatic heterocycles. The summed E-state index contributed by atoms with van der Waals surface area (Å²) in [5, 5.41) is 18.9. The highest BCUT2D eigenvalue weighted by atomic mass is 19.4. The Balaban J connectivity index is 1.75. The summed E-state index contributed by atoms with van der Waals surface area (Å²) in [6, 6.07) is 13.8. The molecule has 0 N–H and O–H groups in total. The number of benzene rings is 2. The van der Waals surface area contributed by atoms with Crippen molar-refractivity contribution >= 4 is 5.69 Å². The van der Waals surface area contributed by atoms with Crippen molar-refractivity contribution in [1.29, 1.82) is 0 Å². The summed E-state index contributed by atoms with van der Waals surface area (Å²) in [7, 11) is 0. The number of nitro groups is 1. The van der Waals surface area contributed by atoms with Crippen LogP contribution in [-0.4, -0.2) is 20.1 Å². The highest BCUT2D eigenvalue weighted by molar-refractivity contribution is 5.72. The summed E-state index contributed by atoms with van der Waals surface area (Å²) < 4.78 is 45.5. The molecule has 2 aromatic carbocycles. The Labute approximate surface area is 167 Å². The first-order valence-electron chi connectivity index (χ1n) is 8.55. The van der Waals surface area contributed by atoms with Crippen LogP contribution < -0.4 is 0 Å². The van der Waals surface area contributed by atoms with Gasteiger partial charge in [0.2, 0.25) is 0 Å². The van der Waals surface area contributed by atoms with Gasteiger partial charge in [-0.15, -0.1) is 10.2 Å². The zero-order chi connectivity index (χ0) is 21.3. The van der Waals surface area contributed by atoms with E-state index in [1.165, 1.54) is 54.7 Å². The number of alkyl halides is 3. The Morgan fingerprint density at radius 3 is 2.30 bits per heavy atom. The van der Waals surface area contributed by atoms with Crippen molar-refractivity contribution in [3.63, 3.8) is 0 Å². The minimum absolute atomic E-state index is 0.0212. The van der Waals surface area contributed by atoms with Gasteiger partial charge in [-0.2, -0.15) is 13.2 Å². The number of nitrogens with zero attached hydrogens (tertiary/aromatic N) is 4. The Morgan fingerprint density at radius 2 is 1.57 bits per heavy atom. The molecule has 0 fully saturated rings. The van der Waals surface area contributed by atoms with Crippen molar-refractivity contribution in [2.24, 2.45) is 0 Å². The highest BCUT2D eigenvalue weighted by Crippen LogP contribution is 2.38. The molecule has 4 rings (SSSR count). The number of nitro benzene ring substituents is 1. The van der Waals surface area contributed by atoms with Crippen molar-refractivity contribution < 1.29 is 22.5 Å². The van der Waals surface area contributed by atoms with Gasteiger partial charge in [0.25, 0.3) is 17.5 Å². The molecule has 2 aromatic heterocycles. The summed E-state index contributed by atoms with van der Waals surface area (Å²) in [5.41, 5.74) is -0.492. The van der Waals surface area contributed by atoms with Crippen molar-refractivity contribution in [3.8, 4) is 34.2 Å². The Morgan fingerprint density at radius 1 is 0.900 bits per heavy atom. The van der Waals surface area contributed by atoms with E-state index in [1.807, 2.05) is 0 Å². The lowest BCUT2D eigenvalue weighted by Crippen LogP contribution is -2.06. The second kappa shape index (κ2) is 7.39. The molecule has 30 heavy (non-hydrogen) atoms. The number of pyridine rings is 1. The molecule has 0 bridgehead atoms. The predicted octanol–water partition coefficient (Wildman–Crippen LogP) is 5.39. The summed E-state index contributed by atoms with van der Waals surface area (Å²) >= 11 is 0. The normalized spacial score (nSPS) is 11.4. The van der Waals surface area contributed by atoms with Gasteiger partial charge in [-0.25, -0.2) is 0 Å².